The molecule has 1 aromatic carbocycles. The van der Waals surface area contributed by atoms with Crippen LogP contribution in [-0.4, -0.2) is 74.2 Å². The highest BCUT2D eigenvalue weighted by Crippen LogP contribution is 2.35. The van der Waals surface area contributed by atoms with Crippen molar-refractivity contribution < 1.29 is 17.9 Å². The van der Waals surface area contributed by atoms with Crippen LogP contribution in [-0.2, 0) is 12.7 Å². The molecule has 2 rings (SSSR count). The molecule has 1 aliphatic heterocycles. The second-order valence-electron chi connectivity index (χ2n) is 8.66. The lowest BCUT2D eigenvalue weighted by Gasteiger charge is -2.34. The summed E-state index contributed by atoms with van der Waals surface area (Å²) in [5.41, 5.74) is -1.13. The summed E-state index contributed by atoms with van der Waals surface area (Å²) in [6.07, 6.45) is -4.47. The topological polar surface area (TPSA) is 52.1 Å². The van der Waals surface area contributed by atoms with Gasteiger partial charge in [0.2, 0.25) is 0 Å². The summed E-state index contributed by atoms with van der Waals surface area (Å²) >= 11 is 0. The first kappa shape index (κ1) is 28.8. The molecule has 1 fully saturated rings. The van der Waals surface area contributed by atoms with Gasteiger partial charge in [-0.25, -0.2) is 0 Å². The van der Waals surface area contributed by atoms with E-state index in [0.717, 1.165) is 45.3 Å². The van der Waals surface area contributed by atoms with Crippen molar-refractivity contribution in [3.8, 4) is 5.75 Å². The molecule has 0 amide bonds. The van der Waals surface area contributed by atoms with Gasteiger partial charge in [0.15, 0.2) is 5.96 Å². The largest absolute Gasteiger partial charge is 0.488 e. The maximum atomic E-state index is 13.6. The summed E-state index contributed by atoms with van der Waals surface area (Å²) in [6, 6.07) is 4.09. The highest BCUT2D eigenvalue weighted by Gasteiger charge is 2.34. The van der Waals surface area contributed by atoms with E-state index >= 15 is 0 Å². The molecule has 1 heterocycles. The maximum absolute atomic E-state index is 13.6. The number of hydrogen-bond acceptors (Lipinski definition) is 4. The third-order valence-electron chi connectivity index (χ3n) is 5.11. The lowest BCUT2D eigenvalue weighted by molar-refractivity contribution is -0.138. The van der Waals surface area contributed by atoms with Gasteiger partial charge in [0.1, 0.15) is 11.4 Å². The van der Waals surface area contributed by atoms with Crippen molar-refractivity contribution >= 4 is 29.9 Å². The summed E-state index contributed by atoms with van der Waals surface area (Å²) in [5, 5.41) is 6.18. The number of aliphatic imine (C=N–C) groups is 1. The van der Waals surface area contributed by atoms with E-state index in [-0.39, 0.29) is 41.8 Å². The zero-order valence-electron chi connectivity index (χ0n) is 19.7. The van der Waals surface area contributed by atoms with E-state index in [1.54, 1.807) is 33.9 Å². The number of halogens is 4. The van der Waals surface area contributed by atoms with Gasteiger partial charge >= 0.3 is 6.18 Å². The van der Waals surface area contributed by atoms with E-state index in [2.05, 4.69) is 32.3 Å². The van der Waals surface area contributed by atoms with Crippen LogP contribution in [0.15, 0.2) is 23.2 Å². The average Bonchev–Trinajstić information content (AvgIpc) is 2.69. The number of likely N-dealkylation sites (N-methyl/N-ethyl adjacent to an activating group) is 1. The van der Waals surface area contributed by atoms with Gasteiger partial charge in [-0.05, 0) is 45.0 Å². The molecule has 0 aromatic heterocycles. The molecule has 0 bridgehead atoms. The normalized spacial score (nSPS) is 16.4. The van der Waals surface area contributed by atoms with Crippen molar-refractivity contribution in [2.75, 3.05) is 52.9 Å². The van der Waals surface area contributed by atoms with Gasteiger partial charge in [0, 0.05) is 52.9 Å². The van der Waals surface area contributed by atoms with Gasteiger partial charge in [-0.1, -0.05) is 13.0 Å². The summed E-state index contributed by atoms with van der Waals surface area (Å²) in [4.78, 5) is 8.92. The van der Waals surface area contributed by atoms with Crippen LogP contribution in [0.1, 0.15) is 38.8 Å². The fourth-order valence-corrected chi connectivity index (χ4v) is 3.45. The van der Waals surface area contributed by atoms with E-state index in [0.29, 0.717) is 12.5 Å². The third-order valence-corrected chi connectivity index (χ3v) is 5.11. The van der Waals surface area contributed by atoms with E-state index in [1.165, 1.54) is 6.07 Å². The number of alkyl halides is 3. The molecular formula is C22H37F3IN5O. The minimum Gasteiger partial charge on any atom is -0.488 e. The molecular weight excluding hydrogens is 534 g/mol. The van der Waals surface area contributed by atoms with Crippen LogP contribution in [0, 0.1) is 0 Å². The third kappa shape index (κ3) is 9.70. The van der Waals surface area contributed by atoms with Crippen molar-refractivity contribution in [1.82, 2.24) is 20.4 Å². The Morgan fingerprint density at radius 1 is 1.06 bits per heavy atom. The predicted molar refractivity (Wildman–Crippen MR) is 134 cm³/mol. The first-order valence-corrected chi connectivity index (χ1v) is 10.8. The van der Waals surface area contributed by atoms with Crippen LogP contribution in [0.4, 0.5) is 13.2 Å². The number of benzene rings is 1. The highest BCUT2D eigenvalue weighted by atomic mass is 127. The molecule has 10 heteroatoms. The van der Waals surface area contributed by atoms with E-state index in [9.17, 15) is 13.2 Å². The Hall–Kier alpha value is -1.27. The molecule has 184 valence electrons. The fourth-order valence-electron chi connectivity index (χ4n) is 3.45. The van der Waals surface area contributed by atoms with Gasteiger partial charge in [0.25, 0.3) is 0 Å². The van der Waals surface area contributed by atoms with Crippen LogP contribution < -0.4 is 15.4 Å². The summed E-state index contributed by atoms with van der Waals surface area (Å²) in [5.74, 6) is 0.685. The Bertz CT molecular complexity index is 729. The SMILES string of the molecule is CCN1CCN(CCNC(=NC)NCc2ccc(OC(C)(C)C)cc2C(F)(F)F)CC1.I. The highest BCUT2D eigenvalue weighted by molar-refractivity contribution is 14.0. The number of nitrogens with zero attached hydrogens (tertiary/aromatic N) is 3. The molecule has 0 atom stereocenters. The van der Waals surface area contributed by atoms with E-state index in [1.807, 2.05) is 0 Å². The number of hydrogen-bond donors (Lipinski definition) is 2. The standard InChI is InChI=1S/C22H36F3N5O.HI/c1-6-29-11-13-30(14-12-29)10-9-27-20(26-5)28-16-17-7-8-18(31-21(2,3)4)15-19(17)22(23,24)25;/h7-8,15H,6,9-14,16H2,1-5H3,(H2,26,27,28);1H. The van der Waals surface area contributed by atoms with Gasteiger partial charge in [-0.2, -0.15) is 13.2 Å². The van der Waals surface area contributed by atoms with Crippen molar-refractivity contribution in [1.29, 1.82) is 0 Å². The molecule has 6 nitrogen and oxygen atoms in total. The summed E-state index contributed by atoms with van der Waals surface area (Å²) in [7, 11) is 1.61. The average molecular weight is 571 g/mol. The van der Waals surface area contributed by atoms with Crippen molar-refractivity contribution in [2.45, 2.75) is 46.0 Å². The monoisotopic (exact) mass is 571 g/mol. The first-order chi connectivity index (χ1) is 14.5. The quantitative estimate of drug-likeness (QED) is 0.297. The number of guanidine groups is 1. The second-order valence-corrected chi connectivity index (χ2v) is 8.66. The molecule has 0 spiro atoms. The molecule has 2 N–H and O–H groups in total. The van der Waals surface area contributed by atoms with Crippen LogP contribution in [0.25, 0.3) is 0 Å². The smallest absolute Gasteiger partial charge is 0.416 e. The minimum absolute atomic E-state index is 0. The Morgan fingerprint density at radius 2 is 1.69 bits per heavy atom. The predicted octanol–water partition coefficient (Wildman–Crippen LogP) is 3.80. The molecule has 32 heavy (non-hydrogen) atoms. The fraction of sp³-hybridized carbons (Fsp3) is 0.682. The van der Waals surface area contributed by atoms with Crippen molar-refractivity contribution in [3.05, 3.63) is 29.3 Å². The summed E-state index contributed by atoms with van der Waals surface area (Å²) in [6.45, 7) is 14.4. The van der Waals surface area contributed by atoms with Crippen LogP contribution in [0.2, 0.25) is 0 Å². The maximum Gasteiger partial charge on any atom is 0.416 e. The Kier molecular flexibility index (Phi) is 11.5. The Balaban J connectivity index is 0.00000512. The minimum atomic E-state index is -4.47. The first-order valence-electron chi connectivity index (χ1n) is 10.8. The zero-order valence-corrected chi connectivity index (χ0v) is 22.0. The second kappa shape index (κ2) is 12.8. The van der Waals surface area contributed by atoms with Crippen LogP contribution in [0.3, 0.4) is 0 Å². The lowest BCUT2D eigenvalue weighted by atomic mass is 10.1. The van der Waals surface area contributed by atoms with E-state index < -0.39 is 17.3 Å². The number of rotatable bonds is 7. The number of nitrogens with one attached hydrogen (secondary N) is 2. The van der Waals surface area contributed by atoms with Gasteiger partial charge in [-0.15, -0.1) is 24.0 Å². The van der Waals surface area contributed by atoms with Crippen molar-refractivity contribution in [2.24, 2.45) is 4.99 Å². The number of piperazine rings is 1. The van der Waals surface area contributed by atoms with Gasteiger partial charge in [0.05, 0.1) is 5.56 Å². The zero-order chi connectivity index (χ0) is 23.1. The number of ether oxygens (including phenoxy) is 1. The van der Waals surface area contributed by atoms with Gasteiger partial charge in [-0.3, -0.25) is 9.89 Å². The molecule has 0 radical (unpaired) electrons. The Labute approximate surface area is 207 Å². The molecule has 1 saturated heterocycles. The molecule has 0 unspecified atom stereocenters. The van der Waals surface area contributed by atoms with Crippen molar-refractivity contribution in [3.63, 3.8) is 0 Å². The molecule has 0 aliphatic carbocycles. The van der Waals surface area contributed by atoms with Crippen LogP contribution >= 0.6 is 24.0 Å². The molecule has 1 aromatic rings. The summed E-state index contributed by atoms with van der Waals surface area (Å²) < 4.78 is 46.4. The lowest BCUT2D eigenvalue weighted by Crippen LogP contribution is -2.49. The Morgan fingerprint density at radius 3 is 2.22 bits per heavy atom. The molecule has 0 saturated carbocycles. The molecule has 1 aliphatic rings. The van der Waals surface area contributed by atoms with Gasteiger partial charge < -0.3 is 20.3 Å². The van der Waals surface area contributed by atoms with E-state index in [4.69, 9.17) is 4.74 Å². The van der Waals surface area contributed by atoms with Crippen LogP contribution in [0.5, 0.6) is 5.75 Å².